The first kappa shape index (κ1) is 12.4. The van der Waals surface area contributed by atoms with E-state index in [0.29, 0.717) is 5.89 Å². The molecule has 5 nitrogen and oxygen atoms in total. The van der Waals surface area contributed by atoms with E-state index in [1.807, 2.05) is 0 Å². The van der Waals surface area contributed by atoms with Crippen molar-refractivity contribution in [3.63, 3.8) is 0 Å². The standard InChI is InChI=1S/C8H15NO4SSi/c1-14(10,11)12-6-7-9-5-8(13-7)15(2,3)4/h5H,6H2,1-4H3. The van der Waals surface area contributed by atoms with Gasteiger partial charge in [0.15, 0.2) is 0 Å². The molecule has 0 aliphatic heterocycles. The minimum atomic E-state index is -3.44. The van der Waals surface area contributed by atoms with Crippen molar-refractivity contribution >= 4 is 23.6 Å². The summed E-state index contributed by atoms with van der Waals surface area (Å²) in [5, 5.41) is 0.842. The summed E-state index contributed by atoms with van der Waals surface area (Å²) >= 11 is 0. The van der Waals surface area contributed by atoms with Crippen molar-refractivity contribution in [3.05, 3.63) is 12.1 Å². The van der Waals surface area contributed by atoms with Gasteiger partial charge in [-0.15, -0.1) is 0 Å². The van der Waals surface area contributed by atoms with Crippen LogP contribution in [0.15, 0.2) is 10.6 Å². The number of oxazole rings is 1. The molecule has 0 aliphatic rings. The molecule has 0 spiro atoms. The summed E-state index contributed by atoms with van der Waals surface area (Å²) in [6.07, 6.45) is 2.64. The molecule has 1 aromatic heterocycles. The quantitative estimate of drug-likeness (QED) is 0.580. The van der Waals surface area contributed by atoms with Gasteiger partial charge in [-0.3, -0.25) is 4.18 Å². The highest BCUT2D eigenvalue weighted by Crippen LogP contribution is 2.05. The van der Waals surface area contributed by atoms with Gasteiger partial charge < -0.3 is 4.42 Å². The maximum Gasteiger partial charge on any atom is 0.264 e. The summed E-state index contributed by atoms with van der Waals surface area (Å²) in [4.78, 5) is 3.96. The van der Waals surface area contributed by atoms with Crippen LogP contribution in [0.2, 0.25) is 19.6 Å². The molecular weight excluding hydrogens is 234 g/mol. The monoisotopic (exact) mass is 249 g/mol. The molecule has 0 radical (unpaired) electrons. The lowest BCUT2D eigenvalue weighted by Crippen LogP contribution is -2.36. The Morgan fingerprint density at radius 3 is 2.47 bits per heavy atom. The Hall–Kier alpha value is -0.663. The second kappa shape index (κ2) is 4.07. The van der Waals surface area contributed by atoms with Crippen LogP contribution in [0.25, 0.3) is 0 Å². The van der Waals surface area contributed by atoms with Crippen molar-refractivity contribution in [2.75, 3.05) is 6.26 Å². The molecule has 0 bridgehead atoms. The maximum absolute atomic E-state index is 10.7. The lowest BCUT2D eigenvalue weighted by molar-refractivity contribution is 0.273. The van der Waals surface area contributed by atoms with Gasteiger partial charge in [-0.25, -0.2) is 4.98 Å². The number of hydrogen-bond acceptors (Lipinski definition) is 5. The van der Waals surface area contributed by atoms with E-state index in [4.69, 9.17) is 4.42 Å². The van der Waals surface area contributed by atoms with Gasteiger partial charge in [0.2, 0.25) is 5.89 Å². The second-order valence-electron chi connectivity index (χ2n) is 4.33. The molecule has 0 fully saturated rings. The van der Waals surface area contributed by atoms with Crippen LogP contribution in [0.3, 0.4) is 0 Å². The third kappa shape index (κ3) is 4.14. The molecule has 0 atom stereocenters. The summed E-state index contributed by atoms with van der Waals surface area (Å²) in [5.74, 6) is 0.304. The molecule has 86 valence electrons. The fourth-order valence-electron chi connectivity index (χ4n) is 0.881. The number of nitrogens with zero attached hydrogens (tertiary/aromatic N) is 1. The van der Waals surface area contributed by atoms with Crippen molar-refractivity contribution in [2.24, 2.45) is 0 Å². The van der Waals surface area contributed by atoms with Crippen molar-refractivity contribution in [3.8, 4) is 0 Å². The Morgan fingerprint density at radius 1 is 1.47 bits per heavy atom. The molecule has 0 aromatic carbocycles. The zero-order valence-corrected chi connectivity index (χ0v) is 11.1. The third-order valence-corrected chi connectivity index (χ3v) is 3.94. The van der Waals surface area contributed by atoms with E-state index >= 15 is 0 Å². The summed E-state index contributed by atoms with van der Waals surface area (Å²) in [5.41, 5.74) is 0. The number of hydrogen-bond donors (Lipinski definition) is 0. The predicted octanol–water partition coefficient (Wildman–Crippen LogP) is 0.696. The Morgan fingerprint density at radius 2 is 2.07 bits per heavy atom. The van der Waals surface area contributed by atoms with Crippen LogP contribution in [-0.4, -0.2) is 27.7 Å². The maximum atomic E-state index is 10.7. The van der Waals surface area contributed by atoms with Gasteiger partial charge >= 0.3 is 0 Å². The van der Waals surface area contributed by atoms with E-state index in [9.17, 15) is 8.42 Å². The van der Waals surface area contributed by atoms with Gasteiger partial charge in [0, 0.05) is 0 Å². The van der Waals surface area contributed by atoms with Crippen LogP contribution < -0.4 is 5.38 Å². The zero-order valence-electron chi connectivity index (χ0n) is 9.27. The lowest BCUT2D eigenvalue weighted by atomic mass is 10.7. The highest BCUT2D eigenvalue weighted by molar-refractivity contribution is 7.85. The molecule has 1 rings (SSSR count). The SMILES string of the molecule is C[Si](C)(C)c1cnc(COS(C)(=O)=O)o1. The normalized spacial score (nSPS) is 13.1. The molecule has 0 amide bonds. The van der Waals surface area contributed by atoms with E-state index in [1.54, 1.807) is 6.20 Å². The molecule has 1 heterocycles. The van der Waals surface area contributed by atoms with E-state index in [0.717, 1.165) is 11.6 Å². The molecule has 7 heteroatoms. The third-order valence-electron chi connectivity index (χ3n) is 1.69. The molecule has 0 unspecified atom stereocenters. The lowest BCUT2D eigenvalue weighted by Gasteiger charge is -2.09. The smallest absolute Gasteiger partial charge is 0.264 e. The van der Waals surface area contributed by atoms with Crippen LogP contribution in [0.1, 0.15) is 5.89 Å². The van der Waals surface area contributed by atoms with Gasteiger partial charge in [0.05, 0.1) is 12.5 Å². The topological polar surface area (TPSA) is 69.4 Å². The van der Waals surface area contributed by atoms with Crippen molar-refractivity contribution in [1.29, 1.82) is 0 Å². The van der Waals surface area contributed by atoms with Gasteiger partial charge in [0.1, 0.15) is 20.1 Å². The molecule has 0 aliphatic carbocycles. The molecular formula is C8H15NO4SSi. The Bertz CT molecular complexity index is 432. The fourth-order valence-corrected chi connectivity index (χ4v) is 2.07. The Balaban J connectivity index is 2.70. The Kier molecular flexibility index (Phi) is 3.36. The van der Waals surface area contributed by atoms with E-state index in [-0.39, 0.29) is 6.61 Å². The van der Waals surface area contributed by atoms with E-state index in [1.165, 1.54) is 0 Å². The van der Waals surface area contributed by atoms with Crippen molar-refractivity contribution < 1.29 is 17.0 Å². The number of aromatic nitrogens is 1. The van der Waals surface area contributed by atoms with Crippen LogP contribution >= 0.6 is 0 Å². The molecule has 0 saturated carbocycles. The van der Waals surface area contributed by atoms with Crippen LogP contribution in [0.4, 0.5) is 0 Å². The fraction of sp³-hybridized carbons (Fsp3) is 0.625. The zero-order chi connectivity index (χ0) is 11.7. The van der Waals surface area contributed by atoms with Crippen LogP contribution in [-0.2, 0) is 20.9 Å². The first-order valence-electron chi connectivity index (χ1n) is 4.48. The summed E-state index contributed by atoms with van der Waals surface area (Å²) in [7, 11) is -4.96. The van der Waals surface area contributed by atoms with Gasteiger partial charge in [-0.1, -0.05) is 19.6 Å². The summed E-state index contributed by atoms with van der Waals surface area (Å²) in [6.45, 7) is 6.22. The largest absolute Gasteiger partial charge is 0.448 e. The average Bonchev–Trinajstić information content (AvgIpc) is 2.45. The van der Waals surface area contributed by atoms with Gasteiger partial charge in [-0.05, 0) is 0 Å². The molecule has 1 aromatic rings. The Labute approximate surface area is 90.6 Å². The second-order valence-corrected chi connectivity index (χ2v) is 11.0. The molecule has 15 heavy (non-hydrogen) atoms. The van der Waals surface area contributed by atoms with E-state index in [2.05, 4.69) is 28.8 Å². The first-order chi connectivity index (χ1) is 6.68. The van der Waals surface area contributed by atoms with Gasteiger partial charge in [0.25, 0.3) is 10.1 Å². The van der Waals surface area contributed by atoms with Gasteiger partial charge in [-0.2, -0.15) is 8.42 Å². The first-order valence-corrected chi connectivity index (χ1v) is 9.80. The minimum absolute atomic E-state index is 0.136. The summed E-state index contributed by atoms with van der Waals surface area (Å²) < 4.78 is 31.4. The highest BCUT2D eigenvalue weighted by atomic mass is 32.2. The van der Waals surface area contributed by atoms with Crippen molar-refractivity contribution in [1.82, 2.24) is 4.98 Å². The average molecular weight is 249 g/mol. The predicted molar refractivity (Wildman–Crippen MR) is 59.1 cm³/mol. The van der Waals surface area contributed by atoms with E-state index < -0.39 is 18.2 Å². The molecule has 0 saturated heterocycles. The van der Waals surface area contributed by atoms with Crippen LogP contribution in [0, 0.1) is 0 Å². The molecule has 0 N–H and O–H groups in total. The summed E-state index contributed by atoms with van der Waals surface area (Å²) in [6, 6.07) is 0. The van der Waals surface area contributed by atoms with Crippen LogP contribution in [0.5, 0.6) is 0 Å². The number of rotatable bonds is 4. The highest BCUT2D eigenvalue weighted by Gasteiger charge is 2.22. The van der Waals surface area contributed by atoms with Crippen molar-refractivity contribution in [2.45, 2.75) is 26.2 Å². The minimum Gasteiger partial charge on any atom is -0.448 e.